The molecule has 200 valence electrons. The Morgan fingerprint density at radius 2 is 1.76 bits per heavy atom. The number of carbonyl (C=O) groups is 1. The number of aromatic nitrogens is 3. The lowest BCUT2D eigenvalue weighted by atomic mass is 9.95. The van der Waals surface area contributed by atoms with Crippen LogP contribution in [0.2, 0.25) is 0 Å². The second kappa shape index (κ2) is 13.9. The van der Waals surface area contributed by atoms with E-state index in [1.165, 1.54) is 25.7 Å². The molecule has 4 rings (SSSR count). The maximum atomic E-state index is 12.4. The monoisotopic (exact) mass is 510 g/mol. The van der Waals surface area contributed by atoms with E-state index < -0.39 is 0 Å². The molecule has 0 aliphatic heterocycles. The fraction of sp³-hybridized carbons (Fsp3) is 0.538. The Morgan fingerprint density at radius 3 is 2.46 bits per heavy atom. The van der Waals surface area contributed by atoms with Crippen LogP contribution in [-0.2, 0) is 9.47 Å². The van der Waals surface area contributed by atoms with Gasteiger partial charge in [0.05, 0.1) is 26.4 Å². The number of amides is 1. The summed E-state index contributed by atoms with van der Waals surface area (Å²) in [6.07, 6.45) is 6.84. The number of nitrogens with one attached hydrogen (secondary N) is 4. The number of hydrogen-bond donors (Lipinski definition) is 5. The van der Waals surface area contributed by atoms with Crippen molar-refractivity contribution >= 4 is 29.4 Å². The number of nitrogens with zero attached hydrogens (tertiary/aromatic N) is 3. The van der Waals surface area contributed by atoms with Crippen LogP contribution in [0.3, 0.4) is 0 Å². The van der Waals surface area contributed by atoms with Crippen LogP contribution in [0.1, 0.15) is 36.0 Å². The van der Waals surface area contributed by atoms with Crippen LogP contribution in [-0.4, -0.2) is 73.0 Å². The quantitative estimate of drug-likeness (QED) is 0.168. The maximum Gasteiger partial charge on any atom is 0.251 e. The van der Waals surface area contributed by atoms with Gasteiger partial charge in [-0.25, -0.2) is 0 Å². The number of anilines is 4. The van der Waals surface area contributed by atoms with Crippen LogP contribution >= 0.6 is 0 Å². The Labute approximate surface area is 218 Å². The van der Waals surface area contributed by atoms with Crippen LogP contribution in [0.4, 0.5) is 23.5 Å². The van der Waals surface area contributed by atoms with Gasteiger partial charge in [0.15, 0.2) is 0 Å². The van der Waals surface area contributed by atoms with E-state index in [2.05, 4.69) is 42.8 Å². The predicted octanol–water partition coefficient (Wildman–Crippen LogP) is 2.54. The highest BCUT2D eigenvalue weighted by molar-refractivity contribution is 5.94. The lowest BCUT2D eigenvalue weighted by Crippen LogP contribution is -2.27. The first-order chi connectivity index (χ1) is 18.1. The highest BCUT2D eigenvalue weighted by atomic mass is 16.5. The third kappa shape index (κ3) is 8.11. The number of carbonyl (C=O) groups excluding carboxylic acids is 1. The summed E-state index contributed by atoms with van der Waals surface area (Å²) in [7, 11) is 0. The van der Waals surface area contributed by atoms with Gasteiger partial charge in [-0.2, -0.15) is 15.0 Å². The molecule has 11 nitrogen and oxygen atoms in total. The number of ether oxygens (including phenoxy) is 2. The molecular weight excluding hydrogens is 472 g/mol. The molecule has 1 heterocycles. The molecule has 2 aromatic rings. The van der Waals surface area contributed by atoms with Crippen molar-refractivity contribution in [2.45, 2.75) is 31.7 Å². The van der Waals surface area contributed by atoms with Crippen molar-refractivity contribution in [2.24, 2.45) is 17.6 Å². The minimum Gasteiger partial charge on any atom is -0.378 e. The molecule has 2 aliphatic carbocycles. The van der Waals surface area contributed by atoms with Gasteiger partial charge in [-0.1, -0.05) is 12.5 Å². The molecule has 2 aliphatic rings. The predicted molar refractivity (Wildman–Crippen MR) is 144 cm³/mol. The molecule has 0 radical (unpaired) electrons. The summed E-state index contributed by atoms with van der Waals surface area (Å²) < 4.78 is 10.7. The molecule has 0 saturated heterocycles. The SMILES string of the molecule is C=CCNc1nc(Nc2ccc(C(=O)NCCOCCOCCN)cc2)nc(NC2CC3CCC2C3)n1. The van der Waals surface area contributed by atoms with Gasteiger partial charge in [-0.3, -0.25) is 4.79 Å². The molecule has 1 amide bonds. The summed E-state index contributed by atoms with van der Waals surface area (Å²) in [5, 5.41) is 12.8. The molecule has 1 aromatic heterocycles. The van der Waals surface area contributed by atoms with Gasteiger partial charge in [0.1, 0.15) is 0 Å². The molecule has 37 heavy (non-hydrogen) atoms. The Bertz CT molecular complexity index is 1020. The van der Waals surface area contributed by atoms with Gasteiger partial charge in [-0.05, 0) is 55.4 Å². The summed E-state index contributed by atoms with van der Waals surface area (Å²) in [4.78, 5) is 26.1. The summed E-state index contributed by atoms with van der Waals surface area (Å²) in [6, 6.07) is 7.57. The fourth-order valence-corrected chi connectivity index (χ4v) is 4.90. The highest BCUT2D eigenvalue weighted by Crippen LogP contribution is 2.45. The van der Waals surface area contributed by atoms with E-state index in [4.69, 9.17) is 15.2 Å². The first-order valence-corrected chi connectivity index (χ1v) is 13.0. The number of hydrogen-bond acceptors (Lipinski definition) is 10. The minimum atomic E-state index is -0.164. The fourth-order valence-electron chi connectivity index (χ4n) is 4.90. The van der Waals surface area contributed by atoms with Gasteiger partial charge < -0.3 is 36.5 Å². The first kappa shape index (κ1) is 26.8. The van der Waals surface area contributed by atoms with E-state index in [0.29, 0.717) is 81.4 Å². The molecule has 11 heteroatoms. The third-order valence-corrected chi connectivity index (χ3v) is 6.66. The second-order valence-corrected chi connectivity index (χ2v) is 9.37. The molecule has 2 fully saturated rings. The Kier molecular flexibility index (Phi) is 10.0. The lowest BCUT2D eigenvalue weighted by Gasteiger charge is -2.23. The molecule has 2 bridgehead atoms. The standard InChI is InChI=1S/C26H38N8O3/c1-2-10-29-24-32-25(34-26(33-24)31-22-17-18-3-4-20(22)16-18)30-21-7-5-19(6-8-21)23(35)28-11-13-37-15-14-36-12-9-27/h2,5-8,18,20,22H,1,3-4,9-17,27H2,(H,28,35)(H3,29,30,31,32,33,34). The summed E-state index contributed by atoms with van der Waals surface area (Å²) >= 11 is 0. The largest absolute Gasteiger partial charge is 0.378 e. The molecule has 1 aromatic carbocycles. The van der Waals surface area contributed by atoms with Crippen molar-refractivity contribution in [1.82, 2.24) is 20.3 Å². The average Bonchev–Trinajstić information content (AvgIpc) is 3.53. The van der Waals surface area contributed by atoms with Crippen molar-refractivity contribution in [2.75, 3.05) is 62.0 Å². The van der Waals surface area contributed by atoms with E-state index in [0.717, 1.165) is 11.6 Å². The average molecular weight is 511 g/mol. The maximum absolute atomic E-state index is 12.4. The highest BCUT2D eigenvalue weighted by Gasteiger charge is 2.39. The van der Waals surface area contributed by atoms with Crippen LogP contribution in [0.5, 0.6) is 0 Å². The Hall–Kier alpha value is -3.28. The van der Waals surface area contributed by atoms with Crippen LogP contribution in [0, 0.1) is 11.8 Å². The van der Waals surface area contributed by atoms with Crippen molar-refractivity contribution in [1.29, 1.82) is 0 Å². The molecule has 2 saturated carbocycles. The van der Waals surface area contributed by atoms with Gasteiger partial charge in [0.25, 0.3) is 5.91 Å². The molecule has 3 atom stereocenters. The zero-order chi connectivity index (χ0) is 25.9. The zero-order valence-electron chi connectivity index (χ0n) is 21.2. The summed E-state index contributed by atoms with van der Waals surface area (Å²) in [6.45, 7) is 7.10. The summed E-state index contributed by atoms with van der Waals surface area (Å²) in [5.41, 5.74) is 6.68. The van der Waals surface area contributed by atoms with Crippen molar-refractivity contribution in [3.05, 3.63) is 42.5 Å². The number of rotatable bonds is 16. The van der Waals surface area contributed by atoms with E-state index in [-0.39, 0.29) is 5.91 Å². The van der Waals surface area contributed by atoms with E-state index >= 15 is 0 Å². The van der Waals surface area contributed by atoms with Gasteiger partial charge in [-0.15, -0.1) is 6.58 Å². The van der Waals surface area contributed by atoms with Gasteiger partial charge in [0.2, 0.25) is 17.8 Å². The van der Waals surface area contributed by atoms with Crippen LogP contribution in [0.15, 0.2) is 36.9 Å². The molecule has 6 N–H and O–H groups in total. The van der Waals surface area contributed by atoms with Crippen molar-refractivity contribution in [3.63, 3.8) is 0 Å². The Balaban J connectivity index is 1.29. The number of fused-ring (bicyclic) bond motifs is 2. The van der Waals surface area contributed by atoms with E-state index in [9.17, 15) is 4.79 Å². The van der Waals surface area contributed by atoms with E-state index in [1.807, 2.05) is 12.1 Å². The molecule has 0 spiro atoms. The summed E-state index contributed by atoms with van der Waals surface area (Å²) in [5.74, 6) is 2.82. The zero-order valence-corrected chi connectivity index (χ0v) is 21.2. The van der Waals surface area contributed by atoms with Gasteiger partial charge >= 0.3 is 0 Å². The normalized spacial score (nSPS) is 20.0. The topological polar surface area (TPSA) is 148 Å². The van der Waals surface area contributed by atoms with Crippen molar-refractivity contribution in [3.8, 4) is 0 Å². The van der Waals surface area contributed by atoms with Crippen LogP contribution < -0.4 is 27.0 Å². The van der Waals surface area contributed by atoms with Gasteiger partial charge in [0, 0.05) is 36.9 Å². The first-order valence-electron chi connectivity index (χ1n) is 13.0. The smallest absolute Gasteiger partial charge is 0.251 e. The number of nitrogens with two attached hydrogens (primary N) is 1. The number of benzene rings is 1. The van der Waals surface area contributed by atoms with Crippen molar-refractivity contribution < 1.29 is 14.3 Å². The molecule has 3 unspecified atom stereocenters. The molecular formula is C26H38N8O3. The van der Waals surface area contributed by atoms with E-state index in [1.54, 1.807) is 18.2 Å². The van der Waals surface area contributed by atoms with Crippen LogP contribution in [0.25, 0.3) is 0 Å². The minimum absolute atomic E-state index is 0.164. The lowest BCUT2D eigenvalue weighted by molar-refractivity contribution is 0.0511. The third-order valence-electron chi connectivity index (χ3n) is 6.66. The second-order valence-electron chi connectivity index (χ2n) is 9.37. The Morgan fingerprint density at radius 1 is 1.00 bits per heavy atom.